The lowest BCUT2D eigenvalue weighted by Crippen LogP contribution is -2.11. The zero-order chi connectivity index (χ0) is 21.3. The van der Waals surface area contributed by atoms with Crippen LogP contribution in [0.1, 0.15) is 12.0 Å². The second kappa shape index (κ2) is 10.5. The molecule has 0 aliphatic carbocycles. The van der Waals surface area contributed by atoms with Gasteiger partial charge >= 0.3 is 5.97 Å². The van der Waals surface area contributed by atoms with E-state index in [4.69, 9.17) is 18.9 Å². The molecule has 0 N–H and O–H groups in total. The minimum atomic E-state index is -3.38. The van der Waals surface area contributed by atoms with Gasteiger partial charge in [-0.15, -0.1) is 0 Å². The van der Waals surface area contributed by atoms with Crippen molar-refractivity contribution in [1.29, 1.82) is 0 Å². The predicted molar refractivity (Wildman–Crippen MR) is 109 cm³/mol. The zero-order valence-corrected chi connectivity index (χ0v) is 17.4. The van der Waals surface area contributed by atoms with Crippen molar-refractivity contribution in [3.63, 3.8) is 0 Å². The number of carbonyl (C=O) groups excluding carboxylic acids is 1. The van der Waals surface area contributed by atoms with Crippen molar-refractivity contribution >= 4 is 21.9 Å². The lowest BCUT2D eigenvalue weighted by atomic mass is 10.1. The molecule has 0 bridgehead atoms. The number of hydrogen-bond donors (Lipinski definition) is 0. The van der Waals surface area contributed by atoms with Gasteiger partial charge < -0.3 is 18.9 Å². The standard InChI is InChI=1S/C21H24O7S/c1-25-18-14-16(15-19(26-2)21(18)27-3)10-11-20(22)28-12-7-13-29(23,24)17-8-5-4-6-9-17/h4-6,8-11,14-15H,7,12-13H2,1-3H3. The Labute approximate surface area is 170 Å². The number of benzene rings is 2. The van der Waals surface area contributed by atoms with Crippen LogP contribution < -0.4 is 14.2 Å². The summed E-state index contributed by atoms with van der Waals surface area (Å²) in [5.41, 5.74) is 0.656. The molecule has 29 heavy (non-hydrogen) atoms. The zero-order valence-electron chi connectivity index (χ0n) is 16.6. The molecule has 2 aromatic rings. The van der Waals surface area contributed by atoms with Gasteiger partial charge in [-0.25, -0.2) is 13.2 Å². The average molecular weight is 420 g/mol. The average Bonchev–Trinajstić information content (AvgIpc) is 2.75. The fourth-order valence-electron chi connectivity index (χ4n) is 2.58. The van der Waals surface area contributed by atoms with E-state index >= 15 is 0 Å². The van der Waals surface area contributed by atoms with Gasteiger partial charge in [-0.3, -0.25) is 0 Å². The van der Waals surface area contributed by atoms with E-state index in [0.29, 0.717) is 22.8 Å². The summed E-state index contributed by atoms with van der Waals surface area (Å²) in [6.45, 7) is 0.00446. The molecular formula is C21H24O7S. The highest BCUT2D eigenvalue weighted by Gasteiger charge is 2.14. The summed E-state index contributed by atoms with van der Waals surface area (Å²) in [5.74, 6) is 0.711. The summed E-state index contributed by atoms with van der Waals surface area (Å²) in [4.78, 5) is 12.2. The summed E-state index contributed by atoms with van der Waals surface area (Å²) < 4.78 is 45.2. The van der Waals surface area contributed by atoms with E-state index in [1.54, 1.807) is 48.5 Å². The van der Waals surface area contributed by atoms with Gasteiger partial charge in [-0.1, -0.05) is 18.2 Å². The minimum Gasteiger partial charge on any atom is -0.493 e. The van der Waals surface area contributed by atoms with Crippen LogP contribution in [0.3, 0.4) is 0 Å². The molecule has 0 heterocycles. The molecule has 0 aliphatic heterocycles. The molecule has 0 aliphatic rings. The lowest BCUT2D eigenvalue weighted by molar-refractivity contribution is -0.137. The maximum absolute atomic E-state index is 12.2. The second-order valence-electron chi connectivity index (χ2n) is 5.94. The second-order valence-corrected chi connectivity index (χ2v) is 8.05. The van der Waals surface area contributed by atoms with Crippen LogP contribution in [0.5, 0.6) is 17.2 Å². The number of rotatable bonds is 10. The monoisotopic (exact) mass is 420 g/mol. The molecule has 0 atom stereocenters. The van der Waals surface area contributed by atoms with E-state index < -0.39 is 15.8 Å². The molecule has 0 amide bonds. The van der Waals surface area contributed by atoms with Gasteiger partial charge in [-0.05, 0) is 42.3 Å². The number of esters is 1. The Hall–Kier alpha value is -3.00. The Balaban J connectivity index is 1.90. The molecule has 0 unspecified atom stereocenters. The highest BCUT2D eigenvalue weighted by atomic mass is 32.2. The van der Waals surface area contributed by atoms with Crippen LogP contribution >= 0.6 is 0 Å². The van der Waals surface area contributed by atoms with Crippen LogP contribution in [0, 0.1) is 0 Å². The van der Waals surface area contributed by atoms with Crippen molar-refractivity contribution < 1.29 is 32.2 Å². The topological polar surface area (TPSA) is 88.1 Å². The first-order chi connectivity index (χ1) is 13.9. The van der Waals surface area contributed by atoms with E-state index in [-0.39, 0.29) is 23.7 Å². The maximum atomic E-state index is 12.2. The van der Waals surface area contributed by atoms with Gasteiger partial charge in [0.2, 0.25) is 5.75 Å². The molecule has 156 valence electrons. The van der Waals surface area contributed by atoms with Crippen molar-refractivity contribution in [1.82, 2.24) is 0 Å². The molecule has 0 saturated heterocycles. The van der Waals surface area contributed by atoms with Gasteiger partial charge in [0.1, 0.15) is 0 Å². The van der Waals surface area contributed by atoms with E-state index in [1.807, 2.05) is 0 Å². The van der Waals surface area contributed by atoms with Crippen LogP contribution in [0.2, 0.25) is 0 Å². The molecule has 0 radical (unpaired) electrons. The summed E-state index contributed by atoms with van der Waals surface area (Å²) in [6, 6.07) is 11.6. The summed E-state index contributed by atoms with van der Waals surface area (Å²) in [5, 5.41) is 0. The Bertz CT molecular complexity index is 925. The molecule has 8 heteroatoms. The van der Waals surface area contributed by atoms with Gasteiger partial charge in [-0.2, -0.15) is 0 Å². The molecule has 2 rings (SSSR count). The molecule has 2 aromatic carbocycles. The van der Waals surface area contributed by atoms with Crippen LogP contribution in [0.25, 0.3) is 6.08 Å². The van der Waals surface area contributed by atoms with Crippen LogP contribution in [-0.4, -0.2) is 48.1 Å². The van der Waals surface area contributed by atoms with Crippen LogP contribution in [0.15, 0.2) is 53.4 Å². The fraction of sp³-hybridized carbons (Fsp3) is 0.286. The molecule has 7 nitrogen and oxygen atoms in total. The van der Waals surface area contributed by atoms with Gasteiger partial charge in [0.25, 0.3) is 0 Å². The van der Waals surface area contributed by atoms with Crippen molar-refractivity contribution in [3.05, 3.63) is 54.1 Å². The summed E-state index contributed by atoms with van der Waals surface area (Å²) in [6.07, 6.45) is 3.01. The normalized spacial score (nSPS) is 11.3. The van der Waals surface area contributed by atoms with Crippen molar-refractivity contribution in [2.75, 3.05) is 33.7 Å². The van der Waals surface area contributed by atoms with Gasteiger partial charge in [0.05, 0.1) is 38.6 Å². The lowest BCUT2D eigenvalue weighted by Gasteiger charge is -2.12. The highest BCUT2D eigenvalue weighted by molar-refractivity contribution is 7.91. The minimum absolute atomic E-state index is 0.00446. The fourth-order valence-corrected chi connectivity index (χ4v) is 3.88. The van der Waals surface area contributed by atoms with Crippen molar-refractivity contribution in [3.8, 4) is 17.2 Å². The number of carbonyl (C=O) groups is 1. The molecule has 0 saturated carbocycles. The van der Waals surface area contributed by atoms with Crippen molar-refractivity contribution in [2.45, 2.75) is 11.3 Å². The van der Waals surface area contributed by atoms with E-state index in [0.717, 1.165) is 0 Å². The Morgan fingerprint density at radius 3 is 2.14 bits per heavy atom. The largest absolute Gasteiger partial charge is 0.493 e. The highest BCUT2D eigenvalue weighted by Crippen LogP contribution is 2.38. The van der Waals surface area contributed by atoms with E-state index in [1.165, 1.54) is 27.4 Å². The number of sulfone groups is 1. The number of ether oxygens (including phenoxy) is 4. The number of hydrogen-bond acceptors (Lipinski definition) is 7. The Morgan fingerprint density at radius 2 is 1.59 bits per heavy atom. The first-order valence-corrected chi connectivity index (χ1v) is 10.5. The first kappa shape index (κ1) is 22.3. The Morgan fingerprint density at radius 1 is 0.966 bits per heavy atom. The third-order valence-electron chi connectivity index (χ3n) is 4.00. The third-order valence-corrected chi connectivity index (χ3v) is 5.82. The molecular weight excluding hydrogens is 396 g/mol. The third kappa shape index (κ3) is 6.25. The molecule has 0 aromatic heterocycles. The van der Waals surface area contributed by atoms with Crippen LogP contribution in [0.4, 0.5) is 0 Å². The summed E-state index contributed by atoms with van der Waals surface area (Å²) in [7, 11) is 1.13. The van der Waals surface area contributed by atoms with E-state index in [2.05, 4.69) is 0 Å². The SMILES string of the molecule is COc1cc(C=CC(=O)OCCCS(=O)(=O)c2ccccc2)cc(OC)c1OC. The van der Waals surface area contributed by atoms with Crippen molar-refractivity contribution in [2.24, 2.45) is 0 Å². The first-order valence-electron chi connectivity index (χ1n) is 8.84. The molecule has 0 fully saturated rings. The number of methoxy groups -OCH3 is 3. The molecule has 0 spiro atoms. The quantitative estimate of drug-likeness (QED) is 0.331. The van der Waals surface area contributed by atoms with Gasteiger partial charge in [0, 0.05) is 6.08 Å². The van der Waals surface area contributed by atoms with E-state index in [9.17, 15) is 13.2 Å². The maximum Gasteiger partial charge on any atom is 0.330 e. The Kier molecular flexibility index (Phi) is 8.09. The van der Waals surface area contributed by atoms with Gasteiger partial charge in [0.15, 0.2) is 21.3 Å². The summed E-state index contributed by atoms with van der Waals surface area (Å²) >= 11 is 0. The smallest absolute Gasteiger partial charge is 0.330 e. The van der Waals surface area contributed by atoms with Crippen LogP contribution in [-0.2, 0) is 19.4 Å². The predicted octanol–water partition coefficient (Wildman–Crippen LogP) is 3.13.